The summed E-state index contributed by atoms with van der Waals surface area (Å²) in [5.74, 6) is 0. The van der Waals surface area contributed by atoms with Crippen molar-refractivity contribution in [3.63, 3.8) is 0 Å². The highest BCUT2D eigenvalue weighted by molar-refractivity contribution is 5.16. The zero-order valence-electron chi connectivity index (χ0n) is 6.15. The number of aromatic nitrogens is 1. The number of pyridine rings is 1. The molecule has 0 fully saturated rings. The SMILES string of the molecule is Cc1ncccc1CON=O. The van der Waals surface area contributed by atoms with Crippen molar-refractivity contribution in [2.24, 2.45) is 5.34 Å². The van der Waals surface area contributed by atoms with Crippen molar-refractivity contribution < 1.29 is 4.84 Å². The van der Waals surface area contributed by atoms with E-state index < -0.39 is 0 Å². The second-order valence-electron chi connectivity index (χ2n) is 2.10. The molecule has 1 rings (SSSR count). The molecule has 0 radical (unpaired) electrons. The molecular weight excluding hydrogens is 144 g/mol. The third-order valence-electron chi connectivity index (χ3n) is 1.39. The summed E-state index contributed by atoms with van der Waals surface area (Å²) in [6, 6.07) is 3.63. The predicted molar refractivity (Wildman–Crippen MR) is 39.6 cm³/mol. The number of nitrogens with zero attached hydrogens (tertiary/aromatic N) is 2. The second kappa shape index (κ2) is 3.65. The van der Waals surface area contributed by atoms with Crippen LogP contribution < -0.4 is 0 Å². The summed E-state index contributed by atoms with van der Waals surface area (Å²) in [7, 11) is 0. The van der Waals surface area contributed by atoms with E-state index in [1.54, 1.807) is 12.3 Å². The summed E-state index contributed by atoms with van der Waals surface area (Å²) >= 11 is 0. The molecule has 58 valence electrons. The van der Waals surface area contributed by atoms with Crippen LogP contribution in [0.15, 0.2) is 23.7 Å². The smallest absolute Gasteiger partial charge is 0.155 e. The van der Waals surface area contributed by atoms with Crippen molar-refractivity contribution in [2.75, 3.05) is 0 Å². The summed E-state index contributed by atoms with van der Waals surface area (Å²) in [6.45, 7) is 2.05. The Morgan fingerprint density at radius 1 is 1.73 bits per heavy atom. The van der Waals surface area contributed by atoms with Gasteiger partial charge >= 0.3 is 0 Å². The van der Waals surface area contributed by atoms with E-state index in [-0.39, 0.29) is 6.61 Å². The zero-order valence-corrected chi connectivity index (χ0v) is 6.15. The van der Waals surface area contributed by atoms with Crippen LogP contribution in [-0.2, 0) is 11.4 Å². The normalized spacial score (nSPS) is 9.18. The molecule has 0 aromatic carbocycles. The maximum Gasteiger partial charge on any atom is 0.155 e. The molecule has 0 saturated heterocycles. The van der Waals surface area contributed by atoms with Gasteiger partial charge in [0.15, 0.2) is 5.34 Å². The lowest BCUT2D eigenvalue weighted by Gasteiger charge is -1.99. The molecule has 11 heavy (non-hydrogen) atoms. The highest BCUT2D eigenvalue weighted by atomic mass is 16.7. The highest BCUT2D eigenvalue weighted by Crippen LogP contribution is 2.04. The minimum absolute atomic E-state index is 0.198. The second-order valence-corrected chi connectivity index (χ2v) is 2.10. The Balaban J connectivity index is 2.69. The molecule has 1 aromatic heterocycles. The van der Waals surface area contributed by atoms with Crippen molar-refractivity contribution in [1.29, 1.82) is 0 Å². The highest BCUT2D eigenvalue weighted by Gasteiger charge is 1.97. The van der Waals surface area contributed by atoms with Gasteiger partial charge in [-0.05, 0) is 13.0 Å². The monoisotopic (exact) mass is 152 g/mol. The fourth-order valence-electron chi connectivity index (χ4n) is 0.766. The van der Waals surface area contributed by atoms with Gasteiger partial charge in [-0.2, -0.15) is 0 Å². The topological polar surface area (TPSA) is 51.6 Å². The van der Waals surface area contributed by atoms with E-state index in [0.29, 0.717) is 0 Å². The van der Waals surface area contributed by atoms with Gasteiger partial charge in [0, 0.05) is 17.5 Å². The summed E-state index contributed by atoms with van der Waals surface area (Å²) in [5.41, 5.74) is 1.74. The van der Waals surface area contributed by atoms with Gasteiger partial charge in [0.25, 0.3) is 0 Å². The van der Waals surface area contributed by atoms with E-state index in [1.807, 2.05) is 13.0 Å². The molecule has 0 aliphatic rings. The molecule has 1 aromatic rings. The van der Waals surface area contributed by atoms with Gasteiger partial charge in [-0.15, -0.1) is 4.91 Å². The molecule has 0 atom stereocenters. The first-order valence-corrected chi connectivity index (χ1v) is 3.19. The Hall–Kier alpha value is -1.45. The zero-order chi connectivity index (χ0) is 8.10. The van der Waals surface area contributed by atoms with Gasteiger partial charge in [-0.1, -0.05) is 6.07 Å². The van der Waals surface area contributed by atoms with Crippen LogP contribution in [0.4, 0.5) is 0 Å². The van der Waals surface area contributed by atoms with E-state index in [1.165, 1.54) is 0 Å². The van der Waals surface area contributed by atoms with E-state index in [4.69, 9.17) is 0 Å². The van der Waals surface area contributed by atoms with Crippen LogP contribution in [0.1, 0.15) is 11.3 Å². The standard InChI is InChI=1S/C7H8N2O2/c1-6-7(5-11-9-10)3-2-4-8-6/h2-4H,5H2,1H3. The van der Waals surface area contributed by atoms with E-state index in [0.717, 1.165) is 11.3 Å². The third kappa shape index (κ3) is 2.00. The molecule has 0 N–H and O–H groups in total. The summed E-state index contributed by atoms with van der Waals surface area (Å²) in [6.07, 6.45) is 1.69. The van der Waals surface area contributed by atoms with Gasteiger partial charge < -0.3 is 4.84 Å². The molecule has 1 heterocycles. The molecule has 0 aliphatic carbocycles. The molecular formula is C7H8N2O2. The lowest BCUT2D eigenvalue weighted by molar-refractivity contribution is 0.125. The van der Waals surface area contributed by atoms with Crippen molar-refractivity contribution in [2.45, 2.75) is 13.5 Å². The lowest BCUT2D eigenvalue weighted by Crippen LogP contribution is -1.92. The molecule has 0 bridgehead atoms. The van der Waals surface area contributed by atoms with Gasteiger partial charge in [-0.3, -0.25) is 4.98 Å². The largest absolute Gasteiger partial charge is 0.359 e. The first-order valence-electron chi connectivity index (χ1n) is 3.19. The number of hydrogen-bond acceptors (Lipinski definition) is 4. The maximum absolute atomic E-state index is 9.60. The van der Waals surface area contributed by atoms with Gasteiger partial charge in [0.05, 0.1) is 0 Å². The fraction of sp³-hybridized carbons (Fsp3) is 0.286. The van der Waals surface area contributed by atoms with Crippen molar-refractivity contribution >= 4 is 0 Å². The number of aryl methyl sites for hydroxylation is 1. The van der Waals surface area contributed by atoms with Gasteiger partial charge in [0.1, 0.15) is 6.61 Å². The molecule has 0 saturated carbocycles. The third-order valence-corrected chi connectivity index (χ3v) is 1.39. The van der Waals surface area contributed by atoms with Gasteiger partial charge in [-0.25, -0.2) is 0 Å². The predicted octanol–water partition coefficient (Wildman–Crippen LogP) is 1.59. The van der Waals surface area contributed by atoms with Crippen LogP contribution in [0.25, 0.3) is 0 Å². The van der Waals surface area contributed by atoms with Crippen LogP contribution >= 0.6 is 0 Å². The Bertz CT molecular complexity index is 250. The van der Waals surface area contributed by atoms with Crippen molar-refractivity contribution in [1.82, 2.24) is 4.98 Å². The molecule has 0 unspecified atom stereocenters. The van der Waals surface area contributed by atoms with E-state index in [2.05, 4.69) is 15.2 Å². The molecule has 4 nitrogen and oxygen atoms in total. The van der Waals surface area contributed by atoms with Crippen LogP contribution in [0, 0.1) is 11.8 Å². The summed E-state index contributed by atoms with van der Waals surface area (Å²) in [4.78, 5) is 17.9. The minimum Gasteiger partial charge on any atom is -0.359 e. The van der Waals surface area contributed by atoms with E-state index in [9.17, 15) is 4.91 Å². The number of rotatable bonds is 3. The van der Waals surface area contributed by atoms with Crippen molar-refractivity contribution in [3.05, 3.63) is 34.5 Å². The van der Waals surface area contributed by atoms with Gasteiger partial charge in [0.2, 0.25) is 0 Å². The molecule has 0 aliphatic heterocycles. The van der Waals surface area contributed by atoms with Crippen LogP contribution in [0.3, 0.4) is 0 Å². The first kappa shape index (κ1) is 7.65. The van der Waals surface area contributed by atoms with E-state index >= 15 is 0 Å². The molecule has 0 amide bonds. The van der Waals surface area contributed by atoms with Crippen molar-refractivity contribution in [3.8, 4) is 0 Å². The average Bonchev–Trinajstić information content (AvgIpc) is 2.03. The Morgan fingerprint density at radius 2 is 2.55 bits per heavy atom. The fourth-order valence-corrected chi connectivity index (χ4v) is 0.766. The first-order chi connectivity index (χ1) is 5.34. The minimum atomic E-state index is 0.198. The summed E-state index contributed by atoms with van der Waals surface area (Å²) in [5, 5.41) is 2.29. The number of hydrogen-bond donors (Lipinski definition) is 0. The van der Waals surface area contributed by atoms with Crippen LogP contribution in [-0.4, -0.2) is 4.98 Å². The van der Waals surface area contributed by atoms with Crippen LogP contribution in [0.2, 0.25) is 0 Å². The lowest BCUT2D eigenvalue weighted by atomic mass is 10.2. The maximum atomic E-state index is 9.60. The Kier molecular flexibility index (Phi) is 2.54. The Labute approximate surface area is 64.1 Å². The molecule has 4 heteroatoms. The average molecular weight is 152 g/mol. The molecule has 0 spiro atoms. The Morgan fingerprint density at radius 3 is 3.18 bits per heavy atom. The van der Waals surface area contributed by atoms with Crippen LogP contribution in [0.5, 0.6) is 0 Å². The quantitative estimate of drug-likeness (QED) is 0.488. The summed E-state index contributed by atoms with van der Waals surface area (Å²) < 4.78 is 0.